The monoisotopic (exact) mass is 278 g/mol. The van der Waals surface area contributed by atoms with Crippen molar-refractivity contribution in [2.45, 2.75) is 45.7 Å². The molecule has 0 aliphatic heterocycles. The molecule has 0 bridgehead atoms. The number of hydrogen-bond acceptors (Lipinski definition) is 4. The van der Waals surface area contributed by atoms with Gasteiger partial charge in [0.25, 0.3) is 0 Å². The number of nitrogens with zero attached hydrogens (tertiary/aromatic N) is 3. The van der Waals surface area contributed by atoms with Gasteiger partial charge in [-0.2, -0.15) is 4.98 Å². The Hall–Kier alpha value is -1.85. The zero-order valence-corrected chi connectivity index (χ0v) is 12.5. The van der Waals surface area contributed by atoms with E-state index in [4.69, 9.17) is 4.74 Å². The van der Waals surface area contributed by atoms with Crippen LogP contribution in [0, 0.1) is 5.92 Å². The molecule has 1 aliphatic rings. The van der Waals surface area contributed by atoms with Gasteiger partial charge in [-0.15, -0.1) is 0 Å². The molecule has 2 amide bonds. The molecule has 0 saturated heterocycles. The van der Waals surface area contributed by atoms with Gasteiger partial charge in [0.2, 0.25) is 5.88 Å². The lowest BCUT2D eigenvalue weighted by atomic mass is 10.0. The number of urea groups is 1. The van der Waals surface area contributed by atoms with Crippen LogP contribution in [0.2, 0.25) is 0 Å². The molecule has 20 heavy (non-hydrogen) atoms. The van der Waals surface area contributed by atoms with Crippen LogP contribution in [0.5, 0.6) is 5.88 Å². The fraction of sp³-hybridized carbons (Fsp3) is 0.643. The second-order valence-corrected chi connectivity index (χ2v) is 5.50. The maximum absolute atomic E-state index is 12.5. The molecule has 0 unspecified atom stereocenters. The molecule has 1 N–H and O–H groups in total. The first kappa shape index (κ1) is 14.6. The summed E-state index contributed by atoms with van der Waals surface area (Å²) in [5, 5.41) is 2.86. The van der Waals surface area contributed by atoms with Crippen molar-refractivity contribution >= 4 is 11.7 Å². The molecule has 1 aromatic rings. The highest BCUT2D eigenvalue weighted by molar-refractivity contribution is 5.91. The maximum atomic E-state index is 12.5. The fourth-order valence-corrected chi connectivity index (χ4v) is 2.10. The van der Waals surface area contributed by atoms with Gasteiger partial charge in [0.15, 0.2) is 0 Å². The van der Waals surface area contributed by atoms with Crippen molar-refractivity contribution < 1.29 is 9.53 Å². The Kier molecular flexibility index (Phi) is 4.42. The van der Waals surface area contributed by atoms with Gasteiger partial charge in [-0.05, 0) is 25.7 Å². The van der Waals surface area contributed by atoms with Crippen LogP contribution >= 0.6 is 0 Å². The predicted octanol–water partition coefficient (Wildman–Crippen LogP) is 2.53. The third-order valence-electron chi connectivity index (χ3n) is 3.69. The molecule has 1 fully saturated rings. The van der Waals surface area contributed by atoms with Gasteiger partial charge in [0, 0.05) is 12.1 Å². The summed E-state index contributed by atoms with van der Waals surface area (Å²) in [4.78, 5) is 22.3. The van der Waals surface area contributed by atoms with Crippen LogP contribution in [-0.2, 0) is 0 Å². The van der Waals surface area contributed by atoms with E-state index in [2.05, 4.69) is 36.1 Å². The lowest BCUT2D eigenvalue weighted by molar-refractivity contribution is 0.169. The zero-order chi connectivity index (χ0) is 14.7. The number of anilines is 1. The Morgan fingerprint density at radius 2 is 2.15 bits per heavy atom. The minimum atomic E-state index is -0.109. The molecular weight excluding hydrogens is 256 g/mol. The Bertz CT molecular complexity index is 474. The summed E-state index contributed by atoms with van der Waals surface area (Å²) >= 11 is 0. The molecule has 6 heteroatoms. The number of carbonyl (C=O) groups is 1. The van der Waals surface area contributed by atoms with Gasteiger partial charge in [0.05, 0.1) is 13.3 Å². The lowest BCUT2D eigenvalue weighted by Gasteiger charge is -2.32. The Labute approximate surface area is 119 Å². The van der Waals surface area contributed by atoms with E-state index in [-0.39, 0.29) is 12.1 Å². The number of aromatic nitrogens is 2. The van der Waals surface area contributed by atoms with Gasteiger partial charge in [0.1, 0.15) is 12.0 Å². The molecular formula is C14H22N4O2. The number of hydrogen-bond donors (Lipinski definition) is 1. The van der Waals surface area contributed by atoms with Crippen LogP contribution in [0.1, 0.15) is 33.6 Å². The van der Waals surface area contributed by atoms with Crippen molar-refractivity contribution in [3.05, 3.63) is 12.5 Å². The molecule has 6 nitrogen and oxygen atoms in total. The second kappa shape index (κ2) is 6.07. The number of ether oxygens (including phenoxy) is 1. The van der Waals surface area contributed by atoms with E-state index < -0.39 is 0 Å². The van der Waals surface area contributed by atoms with E-state index in [9.17, 15) is 4.79 Å². The molecule has 2 rings (SSSR count). The summed E-state index contributed by atoms with van der Waals surface area (Å²) in [6, 6.07) is 0.433. The van der Waals surface area contributed by atoms with Crippen LogP contribution in [0.3, 0.4) is 0 Å². The number of amides is 2. The largest absolute Gasteiger partial charge is 0.479 e. The summed E-state index contributed by atoms with van der Waals surface area (Å²) in [6.45, 7) is 6.33. The van der Waals surface area contributed by atoms with Crippen molar-refractivity contribution in [1.82, 2.24) is 14.9 Å². The summed E-state index contributed by atoms with van der Waals surface area (Å²) in [6.07, 6.45) is 5.10. The Morgan fingerprint density at radius 3 is 2.70 bits per heavy atom. The van der Waals surface area contributed by atoms with Crippen LogP contribution in [0.25, 0.3) is 0 Å². The third kappa shape index (κ3) is 3.18. The number of carbonyl (C=O) groups excluding carboxylic acids is 1. The minimum absolute atomic E-state index is 0.109. The van der Waals surface area contributed by atoms with E-state index in [1.807, 2.05) is 4.90 Å². The zero-order valence-electron chi connectivity index (χ0n) is 12.5. The topological polar surface area (TPSA) is 67.4 Å². The average Bonchev–Trinajstić information content (AvgIpc) is 3.24. The van der Waals surface area contributed by atoms with E-state index in [0.29, 0.717) is 23.5 Å². The van der Waals surface area contributed by atoms with Gasteiger partial charge in [-0.3, -0.25) is 0 Å². The summed E-state index contributed by atoms with van der Waals surface area (Å²) in [5.74, 6) is 0.788. The minimum Gasteiger partial charge on any atom is -0.479 e. The van der Waals surface area contributed by atoms with Crippen LogP contribution < -0.4 is 10.1 Å². The fourth-order valence-electron chi connectivity index (χ4n) is 2.10. The van der Waals surface area contributed by atoms with Crippen molar-refractivity contribution in [3.63, 3.8) is 0 Å². The summed E-state index contributed by atoms with van der Waals surface area (Å²) < 4.78 is 5.13. The van der Waals surface area contributed by atoms with Crippen LogP contribution in [0.4, 0.5) is 10.5 Å². The van der Waals surface area contributed by atoms with E-state index >= 15 is 0 Å². The molecule has 1 saturated carbocycles. The highest BCUT2D eigenvalue weighted by atomic mass is 16.5. The van der Waals surface area contributed by atoms with E-state index in [1.165, 1.54) is 13.4 Å². The molecule has 110 valence electrons. The van der Waals surface area contributed by atoms with Crippen LogP contribution in [0.15, 0.2) is 12.5 Å². The lowest BCUT2D eigenvalue weighted by Crippen LogP contribution is -2.45. The van der Waals surface area contributed by atoms with Crippen molar-refractivity contribution in [1.29, 1.82) is 0 Å². The van der Waals surface area contributed by atoms with E-state index in [0.717, 1.165) is 12.8 Å². The van der Waals surface area contributed by atoms with Gasteiger partial charge in [-0.1, -0.05) is 13.8 Å². The molecule has 1 atom stereocenters. The second-order valence-electron chi connectivity index (χ2n) is 5.50. The first-order chi connectivity index (χ1) is 9.54. The molecule has 1 heterocycles. The SMILES string of the molecule is COc1ncncc1NC(=O)N(C1CC1)[C@@H](C)C(C)C. The average molecular weight is 278 g/mol. The molecule has 0 radical (unpaired) electrons. The molecule has 1 aliphatic carbocycles. The summed E-state index contributed by atoms with van der Waals surface area (Å²) in [7, 11) is 1.52. The smallest absolute Gasteiger partial charge is 0.322 e. The van der Waals surface area contributed by atoms with E-state index in [1.54, 1.807) is 6.20 Å². The maximum Gasteiger partial charge on any atom is 0.322 e. The molecule has 1 aromatic heterocycles. The van der Waals surface area contributed by atoms with Gasteiger partial charge in [-0.25, -0.2) is 9.78 Å². The highest BCUT2D eigenvalue weighted by Crippen LogP contribution is 2.31. The van der Waals surface area contributed by atoms with Crippen molar-refractivity contribution in [3.8, 4) is 5.88 Å². The normalized spacial score (nSPS) is 15.8. The Balaban J connectivity index is 2.12. The standard InChI is InChI=1S/C14H22N4O2/c1-9(2)10(3)18(11-5-6-11)14(19)17-12-7-15-8-16-13(12)20-4/h7-11H,5-6H2,1-4H3,(H,17,19)/t10-/m0/s1. The van der Waals surface area contributed by atoms with Gasteiger partial charge < -0.3 is 15.0 Å². The summed E-state index contributed by atoms with van der Waals surface area (Å²) in [5.41, 5.74) is 0.501. The first-order valence-electron chi connectivity index (χ1n) is 6.98. The molecule has 0 aromatic carbocycles. The number of methoxy groups -OCH3 is 1. The number of nitrogens with one attached hydrogen (secondary N) is 1. The highest BCUT2D eigenvalue weighted by Gasteiger charge is 2.37. The first-order valence-corrected chi connectivity index (χ1v) is 6.98. The number of rotatable bonds is 5. The third-order valence-corrected chi connectivity index (χ3v) is 3.69. The predicted molar refractivity (Wildman–Crippen MR) is 76.8 cm³/mol. The van der Waals surface area contributed by atoms with Gasteiger partial charge >= 0.3 is 6.03 Å². The Morgan fingerprint density at radius 1 is 1.45 bits per heavy atom. The molecule has 0 spiro atoms. The van der Waals surface area contributed by atoms with Crippen molar-refractivity contribution in [2.24, 2.45) is 5.92 Å². The quantitative estimate of drug-likeness (QED) is 0.898. The van der Waals surface area contributed by atoms with Crippen LogP contribution in [-0.4, -0.2) is 40.1 Å². The van der Waals surface area contributed by atoms with Crippen molar-refractivity contribution in [2.75, 3.05) is 12.4 Å².